The van der Waals surface area contributed by atoms with E-state index in [2.05, 4.69) is 60.0 Å². The van der Waals surface area contributed by atoms with E-state index in [0.717, 1.165) is 19.5 Å². The van der Waals surface area contributed by atoms with Gasteiger partial charge in [-0.1, -0.05) is 55.1 Å². The summed E-state index contributed by atoms with van der Waals surface area (Å²) >= 11 is 0. The largest absolute Gasteiger partial charge is 0.366 e. The summed E-state index contributed by atoms with van der Waals surface area (Å²) in [5, 5.41) is 0. The summed E-state index contributed by atoms with van der Waals surface area (Å²) < 4.78 is 0. The van der Waals surface area contributed by atoms with E-state index in [9.17, 15) is 0 Å². The summed E-state index contributed by atoms with van der Waals surface area (Å²) in [4.78, 5) is 2.44. The minimum atomic E-state index is 1.00. The zero-order chi connectivity index (χ0) is 12.4. The van der Waals surface area contributed by atoms with Gasteiger partial charge in [0.25, 0.3) is 0 Å². The highest BCUT2D eigenvalue weighted by Crippen LogP contribution is 2.27. The summed E-state index contributed by atoms with van der Waals surface area (Å²) in [6.07, 6.45) is 3.07. The van der Waals surface area contributed by atoms with Crippen molar-refractivity contribution >= 4 is 11.8 Å². The van der Waals surface area contributed by atoms with Crippen molar-refractivity contribution in [1.82, 2.24) is 0 Å². The minimum Gasteiger partial charge on any atom is -0.366 e. The first-order valence-corrected chi connectivity index (χ1v) is 6.41. The van der Waals surface area contributed by atoms with E-state index in [4.69, 9.17) is 0 Å². The molecule has 2 aromatic rings. The molecule has 1 heteroatoms. The Morgan fingerprint density at radius 3 is 2.50 bits per heavy atom. The molecule has 0 bridgehead atoms. The lowest BCUT2D eigenvalue weighted by Crippen LogP contribution is -2.30. The molecule has 0 atom stereocenters. The SMILES string of the molecule is C=Cc1ccccc1N1CCc2ccccc2C1. The van der Waals surface area contributed by atoms with Gasteiger partial charge in [0.05, 0.1) is 0 Å². The standard InChI is InChI=1S/C17H17N/c1-2-14-7-5-6-10-17(14)18-12-11-15-8-3-4-9-16(15)13-18/h2-10H,1,11-13H2. The van der Waals surface area contributed by atoms with Gasteiger partial charge in [-0.2, -0.15) is 0 Å². The van der Waals surface area contributed by atoms with Gasteiger partial charge in [-0.25, -0.2) is 0 Å². The number of nitrogens with zero attached hydrogens (tertiary/aromatic N) is 1. The second-order valence-electron chi connectivity index (χ2n) is 4.70. The Labute approximate surface area is 108 Å². The number of hydrogen-bond acceptors (Lipinski definition) is 1. The molecule has 1 aliphatic heterocycles. The molecule has 18 heavy (non-hydrogen) atoms. The van der Waals surface area contributed by atoms with E-state index >= 15 is 0 Å². The Kier molecular flexibility index (Phi) is 2.89. The lowest BCUT2D eigenvalue weighted by molar-refractivity contribution is 0.731. The third-order valence-electron chi connectivity index (χ3n) is 3.63. The van der Waals surface area contributed by atoms with Crippen LogP contribution in [0.4, 0.5) is 5.69 Å². The minimum absolute atomic E-state index is 1.00. The number of fused-ring (bicyclic) bond motifs is 1. The van der Waals surface area contributed by atoms with Crippen LogP contribution in [0.3, 0.4) is 0 Å². The highest BCUT2D eigenvalue weighted by atomic mass is 15.1. The first-order valence-electron chi connectivity index (χ1n) is 6.41. The summed E-state index contributed by atoms with van der Waals surface area (Å²) in [7, 11) is 0. The summed E-state index contributed by atoms with van der Waals surface area (Å²) in [5.74, 6) is 0. The first kappa shape index (κ1) is 11.1. The van der Waals surface area contributed by atoms with E-state index in [1.807, 2.05) is 6.08 Å². The molecule has 0 spiro atoms. The topological polar surface area (TPSA) is 3.24 Å². The molecular formula is C17H17N. The van der Waals surface area contributed by atoms with Crippen molar-refractivity contribution in [2.24, 2.45) is 0 Å². The zero-order valence-corrected chi connectivity index (χ0v) is 10.5. The number of benzene rings is 2. The van der Waals surface area contributed by atoms with Crippen LogP contribution in [0.2, 0.25) is 0 Å². The molecule has 2 aromatic carbocycles. The fourth-order valence-corrected chi connectivity index (χ4v) is 2.65. The maximum Gasteiger partial charge on any atom is 0.0442 e. The Balaban J connectivity index is 1.94. The molecule has 3 rings (SSSR count). The van der Waals surface area contributed by atoms with Crippen molar-refractivity contribution < 1.29 is 0 Å². The molecule has 0 fully saturated rings. The molecule has 1 nitrogen and oxygen atoms in total. The quantitative estimate of drug-likeness (QED) is 0.763. The van der Waals surface area contributed by atoms with Gasteiger partial charge in [-0.15, -0.1) is 0 Å². The number of para-hydroxylation sites is 1. The van der Waals surface area contributed by atoms with Crippen LogP contribution in [-0.2, 0) is 13.0 Å². The molecule has 90 valence electrons. The maximum absolute atomic E-state index is 3.90. The van der Waals surface area contributed by atoms with Crippen LogP contribution in [-0.4, -0.2) is 6.54 Å². The number of anilines is 1. The lowest BCUT2D eigenvalue weighted by atomic mass is 9.99. The number of hydrogen-bond donors (Lipinski definition) is 0. The van der Waals surface area contributed by atoms with E-state index in [-0.39, 0.29) is 0 Å². The van der Waals surface area contributed by atoms with Crippen molar-refractivity contribution in [3.05, 3.63) is 71.8 Å². The summed E-state index contributed by atoms with van der Waals surface area (Å²) in [6.45, 7) is 5.99. The van der Waals surface area contributed by atoms with Gasteiger partial charge in [-0.05, 0) is 29.2 Å². The number of rotatable bonds is 2. The summed E-state index contributed by atoms with van der Waals surface area (Å²) in [6, 6.07) is 17.2. The molecule has 1 heterocycles. The third-order valence-corrected chi connectivity index (χ3v) is 3.63. The molecule has 0 aromatic heterocycles. The predicted molar refractivity (Wildman–Crippen MR) is 77.7 cm³/mol. The molecule has 0 unspecified atom stereocenters. The second kappa shape index (κ2) is 4.69. The van der Waals surface area contributed by atoms with E-state index in [1.54, 1.807) is 0 Å². The van der Waals surface area contributed by atoms with Crippen molar-refractivity contribution in [2.75, 3.05) is 11.4 Å². The molecule has 0 aliphatic carbocycles. The second-order valence-corrected chi connectivity index (χ2v) is 4.70. The van der Waals surface area contributed by atoms with Crippen LogP contribution in [0.1, 0.15) is 16.7 Å². The first-order chi connectivity index (χ1) is 8.88. The van der Waals surface area contributed by atoms with Crippen LogP contribution >= 0.6 is 0 Å². The van der Waals surface area contributed by atoms with Crippen LogP contribution in [0.15, 0.2) is 55.1 Å². The monoisotopic (exact) mass is 235 g/mol. The fraction of sp³-hybridized carbons (Fsp3) is 0.176. The fourth-order valence-electron chi connectivity index (χ4n) is 2.65. The average Bonchev–Trinajstić information content (AvgIpc) is 2.46. The predicted octanol–water partition coefficient (Wildman–Crippen LogP) is 3.89. The third kappa shape index (κ3) is 1.92. The van der Waals surface area contributed by atoms with Gasteiger partial charge < -0.3 is 4.90 Å². The lowest BCUT2D eigenvalue weighted by Gasteiger charge is -2.31. The molecule has 0 saturated carbocycles. The Bertz CT molecular complexity index is 571. The normalized spacial score (nSPS) is 14.1. The van der Waals surface area contributed by atoms with Crippen LogP contribution in [0.5, 0.6) is 0 Å². The van der Waals surface area contributed by atoms with Gasteiger partial charge in [0, 0.05) is 18.8 Å². The Hall–Kier alpha value is -2.02. The van der Waals surface area contributed by atoms with E-state index < -0.39 is 0 Å². The zero-order valence-electron chi connectivity index (χ0n) is 10.5. The van der Waals surface area contributed by atoms with Gasteiger partial charge in [0.15, 0.2) is 0 Å². The van der Waals surface area contributed by atoms with Crippen LogP contribution in [0, 0.1) is 0 Å². The highest BCUT2D eigenvalue weighted by Gasteiger charge is 2.17. The average molecular weight is 235 g/mol. The molecular weight excluding hydrogens is 218 g/mol. The van der Waals surface area contributed by atoms with E-state index in [0.29, 0.717) is 0 Å². The van der Waals surface area contributed by atoms with Crippen molar-refractivity contribution in [3.8, 4) is 0 Å². The van der Waals surface area contributed by atoms with Crippen molar-refractivity contribution in [1.29, 1.82) is 0 Å². The smallest absolute Gasteiger partial charge is 0.0442 e. The summed E-state index contributed by atoms with van der Waals surface area (Å²) in [5.41, 5.74) is 5.45. The van der Waals surface area contributed by atoms with Crippen molar-refractivity contribution in [2.45, 2.75) is 13.0 Å². The van der Waals surface area contributed by atoms with Crippen LogP contribution < -0.4 is 4.90 Å². The van der Waals surface area contributed by atoms with Gasteiger partial charge >= 0.3 is 0 Å². The van der Waals surface area contributed by atoms with Crippen molar-refractivity contribution in [3.63, 3.8) is 0 Å². The van der Waals surface area contributed by atoms with Crippen LogP contribution in [0.25, 0.3) is 6.08 Å². The Morgan fingerprint density at radius 2 is 1.67 bits per heavy atom. The van der Waals surface area contributed by atoms with Gasteiger partial charge in [0.1, 0.15) is 0 Å². The molecule has 0 radical (unpaired) electrons. The Morgan fingerprint density at radius 1 is 0.944 bits per heavy atom. The van der Waals surface area contributed by atoms with Gasteiger partial charge in [-0.3, -0.25) is 0 Å². The molecule has 0 N–H and O–H groups in total. The molecule has 0 saturated heterocycles. The molecule has 1 aliphatic rings. The highest BCUT2D eigenvalue weighted by molar-refractivity contribution is 5.67. The van der Waals surface area contributed by atoms with Gasteiger partial charge in [0.2, 0.25) is 0 Å². The molecule has 0 amide bonds. The maximum atomic E-state index is 3.90. The van der Waals surface area contributed by atoms with E-state index in [1.165, 1.54) is 22.4 Å².